The molecule has 0 atom stereocenters. The van der Waals surface area contributed by atoms with Crippen LogP contribution in [0.1, 0.15) is 31.4 Å². The van der Waals surface area contributed by atoms with Gasteiger partial charge >= 0.3 is 12.2 Å². The number of halogens is 3. The zero-order valence-corrected chi connectivity index (χ0v) is 21.2. The number of urea groups is 1. The standard InChI is InChI=1S/C29H26F3N3O3/c1-19-17-21(11-14-25(19)33-4)35-26(36)28(2,3)34(27(35)37)15-8-16-38-22-12-13-23(20-9-6-5-7-10-20)24(18-22)29(30,31)32/h5-7,9-14,17-18H,8,15-16H2,1-3H3. The molecular formula is C29H26F3N3O3. The monoisotopic (exact) mass is 521 g/mol. The van der Waals surface area contributed by atoms with Gasteiger partial charge in [0.2, 0.25) is 0 Å². The van der Waals surface area contributed by atoms with Gasteiger partial charge in [0.05, 0.1) is 24.4 Å². The van der Waals surface area contributed by atoms with Crippen molar-refractivity contribution in [3.05, 3.63) is 89.3 Å². The molecule has 1 aliphatic rings. The Morgan fingerprint density at radius 3 is 2.34 bits per heavy atom. The largest absolute Gasteiger partial charge is 0.494 e. The number of rotatable bonds is 7. The van der Waals surface area contributed by atoms with E-state index < -0.39 is 29.2 Å². The predicted molar refractivity (Wildman–Crippen MR) is 138 cm³/mol. The lowest BCUT2D eigenvalue weighted by Crippen LogP contribution is -2.44. The molecule has 0 saturated carbocycles. The Labute approximate surface area is 219 Å². The number of amides is 3. The highest BCUT2D eigenvalue weighted by Gasteiger charge is 2.51. The minimum absolute atomic E-state index is 0.0504. The van der Waals surface area contributed by atoms with Gasteiger partial charge in [-0.2, -0.15) is 13.2 Å². The first-order valence-electron chi connectivity index (χ1n) is 12.0. The third-order valence-corrected chi connectivity index (χ3v) is 6.56. The summed E-state index contributed by atoms with van der Waals surface area (Å²) in [7, 11) is 0. The number of carbonyl (C=O) groups excluding carboxylic acids is 2. The summed E-state index contributed by atoms with van der Waals surface area (Å²) in [5.74, 6) is -0.332. The summed E-state index contributed by atoms with van der Waals surface area (Å²) in [6.45, 7) is 12.4. The SMILES string of the molecule is [C-]#[N+]c1ccc(N2C(=O)N(CCCOc3ccc(-c4ccccc4)c(C(F)(F)F)c3)C(C)(C)C2=O)cc1C. The van der Waals surface area contributed by atoms with Crippen LogP contribution >= 0.6 is 0 Å². The molecule has 0 unspecified atom stereocenters. The molecule has 3 aromatic carbocycles. The molecule has 9 heteroatoms. The number of ether oxygens (including phenoxy) is 1. The van der Waals surface area contributed by atoms with E-state index in [1.165, 1.54) is 17.0 Å². The van der Waals surface area contributed by atoms with Crippen molar-refractivity contribution in [2.24, 2.45) is 0 Å². The molecule has 38 heavy (non-hydrogen) atoms. The average Bonchev–Trinajstić information content (AvgIpc) is 3.05. The summed E-state index contributed by atoms with van der Waals surface area (Å²) in [5, 5.41) is 0. The number of nitrogens with zero attached hydrogens (tertiary/aromatic N) is 3. The Hall–Kier alpha value is -4.32. The fraction of sp³-hybridized carbons (Fsp3) is 0.276. The van der Waals surface area contributed by atoms with Crippen LogP contribution in [0.15, 0.2) is 66.7 Å². The second-order valence-corrected chi connectivity index (χ2v) is 9.49. The van der Waals surface area contributed by atoms with Gasteiger partial charge < -0.3 is 9.64 Å². The smallest absolute Gasteiger partial charge is 0.417 e. The summed E-state index contributed by atoms with van der Waals surface area (Å²) < 4.78 is 46.9. The highest BCUT2D eigenvalue weighted by molar-refractivity contribution is 6.23. The lowest BCUT2D eigenvalue weighted by atomic mass is 9.99. The Balaban J connectivity index is 1.45. The summed E-state index contributed by atoms with van der Waals surface area (Å²) in [6, 6.07) is 16.4. The van der Waals surface area contributed by atoms with Gasteiger partial charge in [0, 0.05) is 6.54 Å². The second kappa shape index (κ2) is 10.2. The third-order valence-electron chi connectivity index (χ3n) is 6.56. The van der Waals surface area contributed by atoms with Crippen LogP contribution in [0.3, 0.4) is 0 Å². The van der Waals surface area contributed by atoms with Crippen LogP contribution in [-0.2, 0) is 11.0 Å². The normalized spacial score (nSPS) is 15.1. The van der Waals surface area contributed by atoms with Crippen LogP contribution < -0.4 is 9.64 Å². The van der Waals surface area contributed by atoms with Crippen LogP contribution in [0.2, 0.25) is 0 Å². The Bertz CT molecular complexity index is 1410. The highest BCUT2D eigenvalue weighted by atomic mass is 19.4. The molecule has 1 heterocycles. The van der Waals surface area contributed by atoms with E-state index >= 15 is 0 Å². The Morgan fingerprint density at radius 2 is 1.71 bits per heavy atom. The maximum absolute atomic E-state index is 13.8. The average molecular weight is 522 g/mol. The number of alkyl halides is 3. The molecule has 0 spiro atoms. The highest BCUT2D eigenvalue weighted by Crippen LogP contribution is 2.39. The van der Waals surface area contributed by atoms with Crippen molar-refractivity contribution in [1.82, 2.24) is 4.90 Å². The quantitative estimate of drug-likeness (QED) is 0.187. The van der Waals surface area contributed by atoms with Crippen molar-refractivity contribution < 1.29 is 27.5 Å². The van der Waals surface area contributed by atoms with Crippen LogP contribution in [0, 0.1) is 13.5 Å². The fourth-order valence-corrected chi connectivity index (χ4v) is 4.47. The van der Waals surface area contributed by atoms with Crippen LogP contribution in [0.5, 0.6) is 5.75 Å². The van der Waals surface area contributed by atoms with E-state index in [1.807, 2.05) is 0 Å². The van der Waals surface area contributed by atoms with Gasteiger partial charge in [-0.1, -0.05) is 42.5 Å². The number of benzene rings is 3. The number of anilines is 1. The molecule has 0 aliphatic carbocycles. The Kier molecular flexibility index (Phi) is 7.18. The van der Waals surface area contributed by atoms with E-state index in [4.69, 9.17) is 11.3 Å². The van der Waals surface area contributed by atoms with Crippen molar-refractivity contribution in [1.29, 1.82) is 0 Å². The molecule has 3 amide bonds. The van der Waals surface area contributed by atoms with E-state index in [1.54, 1.807) is 69.3 Å². The third kappa shape index (κ3) is 5.07. The zero-order valence-electron chi connectivity index (χ0n) is 21.2. The van der Waals surface area contributed by atoms with E-state index in [0.29, 0.717) is 28.9 Å². The molecule has 0 aromatic heterocycles. The second-order valence-electron chi connectivity index (χ2n) is 9.49. The maximum Gasteiger partial charge on any atom is 0.417 e. The minimum atomic E-state index is -4.56. The molecule has 6 nitrogen and oxygen atoms in total. The van der Waals surface area contributed by atoms with Gasteiger partial charge in [-0.15, -0.1) is 0 Å². The van der Waals surface area contributed by atoms with Crippen molar-refractivity contribution in [3.8, 4) is 16.9 Å². The van der Waals surface area contributed by atoms with Crippen LogP contribution in [0.25, 0.3) is 16.0 Å². The molecule has 1 fully saturated rings. The first-order chi connectivity index (χ1) is 17.9. The van der Waals surface area contributed by atoms with Crippen molar-refractivity contribution >= 4 is 23.3 Å². The Morgan fingerprint density at radius 1 is 1.00 bits per heavy atom. The van der Waals surface area contributed by atoms with Gasteiger partial charge in [-0.25, -0.2) is 14.5 Å². The van der Waals surface area contributed by atoms with Crippen molar-refractivity contribution in [2.75, 3.05) is 18.1 Å². The summed E-state index contributed by atoms with van der Waals surface area (Å²) >= 11 is 0. The van der Waals surface area contributed by atoms with E-state index in [9.17, 15) is 22.8 Å². The van der Waals surface area contributed by atoms with Gasteiger partial charge in [-0.05, 0) is 68.1 Å². The zero-order chi connectivity index (χ0) is 27.7. The van der Waals surface area contributed by atoms with E-state index in [2.05, 4.69) is 4.85 Å². The molecule has 4 rings (SSSR count). The minimum Gasteiger partial charge on any atom is -0.494 e. The van der Waals surface area contributed by atoms with Gasteiger partial charge in [0.1, 0.15) is 11.3 Å². The number of hydrogen-bond acceptors (Lipinski definition) is 3. The first-order valence-corrected chi connectivity index (χ1v) is 12.0. The maximum atomic E-state index is 13.8. The molecule has 1 saturated heterocycles. The lowest BCUT2D eigenvalue weighted by molar-refractivity contribution is -0.137. The molecule has 1 aliphatic heterocycles. The van der Waals surface area contributed by atoms with Gasteiger partial charge in [0.15, 0.2) is 5.69 Å². The van der Waals surface area contributed by atoms with Gasteiger partial charge in [0.25, 0.3) is 5.91 Å². The molecule has 0 N–H and O–H groups in total. The lowest BCUT2D eigenvalue weighted by Gasteiger charge is -2.27. The molecule has 3 aromatic rings. The van der Waals surface area contributed by atoms with Crippen LogP contribution in [-0.4, -0.2) is 35.5 Å². The number of imide groups is 1. The van der Waals surface area contributed by atoms with Gasteiger partial charge in [-0.3, -0.25) is 4.79 Å². The van der Waals surface area contributed by atoms with E-state index in [0.717, 1.165) is 11.0 Å². The fourth-order valence-electron chi connectivity index (χ4n) is 4.47. The summed E-state index contributed by atoms with van der Waals surface area (Å²) in [5.41, 5.74) is 0.0746. The molecular weight excluding hydrogens is 495 g/mol. The summed E-state index contributed by atoms with van der Waals surface area (Å²) in [6.07, 6.45) is -4.26. The predicted octanol–water partition coefficient (Wildman–Crippen LogP) is 7.25. The number of carbonyl (C=O) groups is 2. The molecule has 0 radical (unpaired) electrons. The topological polar surface area (TPSA) is 54.2 Å². The van der Waals surface area contributed by atoms with Crippen molar-refractivity contribution in [2.45, 2.75) is 38.9 Å². The summed E-state index contributed by atoms with van der Waals surface area (Å²) in [4.78, 5) is 32.2. The number of hydrogen-bond donors (Lipinski definition) is 0. The number of aryl methyl sites for hydroxylation is 1. The molecule has 196 valence electrons. The first kappa shape index (κ1) is 26.7. The van der Waals surface area contributed by atoms with E-state index in [-0.39, 0.29) is 24.5 Å². The van der Waals surface area contributed by atoms with Crippen LogP contribution in [0.4, 0.5) is 29.3 Å². The van der Waals surface area contributed by atoms with Crippen molar-refractivity contribution in [3.63, 3.8) is 0 Å². The molecule has 0 bridgehead atoms.